The lowest BCUT2D eigenvalue weighted by atomic mass is 10.1. The Morgan fingerprint density at radius 3 is 2.05 bits per heavy atom. The summed E-state index contributed by atoms with van der Waals surface area (Å²) in [6.07, 6.45) is 1.13. The average Bonchev–Trinajstić information content (AvgIpc) is 2.92. The molecule has 0 aliphatic carbocycles. The van der Waals surface area contributed by atoms with Gasteiger partial charge in [-0.15, -0.1) is 0 Å². The maximum Gasteiger partial charge on any atom is 0.264 e. The van der Waals surface area contributed by atoms with Crippen LogP contribution in [0.4, 0.5) is 5.69 Å². The summed E-state index contributed by atoms with van der Waals surface area (Å²) < 4.78 is 28.4. The molecular formula is C28H32ClN3O4S. The monoisotopic (exact) mass is 541 g/mol. The number of halogens is 1. The fourth-order valence-electron chi connectivity index (χ4n) is 3.92. The Balaban J connectivity index is 2.02. The number of amides is 2. The molecule has 1 atom stereocenters. The van der Waals surface area contributed by atoms with Gasteiger partial charge in [-0.3, -0.25) is 13.9 Å². The van der Waals surface area contributed by atoms with Crippen LogP contribution in [-0.2, 0) is 26.2 Å². The number of carbonyl (C=O) groups excluding carboxylic acids is 2. The number of nitrogens with one attached hydrogen (secondary N) is 1. The van der Waals surface area contributed by atoms with Crippen LogP contribution >= 0.6 is 11.6 Å². The largest absolute Gasteiger partial charge is 0.354 e. The molecule has 0 radical (unpaired) electrons. The molecule has 0 aliphatic rings. The average molecular weight is 542 g/mol. The van der Waals surface area contributed by atoms with Gasteiger partial charge in [0.25, 0.3) is 10.0 Å². The minimum Gasteiger partial charge on any atom is -0.354 e. The molecule has 3 aromatic rings. The van der Waals surface area contributed by atoms with Crippen molar-refractivity contribution in [2.45, 2.75) is 44.2 Å². The first-order valence-electron chi connectivity index (χ1n) is 12.2. The molecule has 7 nitrogen and oxygen atoms in total. The van der Waals surface area contributed by atoms with Crippen molar-refractivity contribution in [3.63, 3.8) is 0 Å². The van der Waals surface area contributed by atoms with Gasteiger partial charge in [-0.05, 0) is 54.8 Å². The van der Waals surface area contributed by atoms with Crippen molar-refractivity contribution in [1.29, 1.82) is 0 Å². The van der Waals surface area contributed by atoms with Gasteiger partial charge >= 0.3 is 0 Å². The van der Waals surface area contributed by atoms with Crippen LogP contribution in [0, 0.1) is 0 Å². The highest BCUT2D eigenvalue weighted by molar-refractivity contribution is 7.92. The van der Waals surface area contributed by atoms with Crippen LogP contribution in [0.2, 0.25) is 5.02 Å². The van der Waals surface area contributed by atoms with E-state index < -0.39 is 28.5 Å². The van der Waals surface area contributed by atoms with Crippen LogP contribution < -0.4 is 9.62 Å². The lowest BCUT2D eigenvalue weighted by Gasteiger charge is -2.33. The first-order chi connectivity index (χ1) is 17.8. The molecule has 0 heterocycles. The maximum atomic E-state index is 13.9. The van der Waals surface area contributed by atoms with E-state index in [2.05, 4.69) is 5.32 Å². The summed E-state index contributed by atoms with van der Waals surface area (Å²) >= 11 is 6.04. The number of anilines is 1. The van der Waals surface area contributed by atoms with Gasteiger partial charge in [-0.2, -0.15) is 0 Å². The van der Waals surface area contributed by atoms with Crippen LogP contribution in [0.3, 0.4) is 0 Å². The van der Waals surface area contributed by atoms with Crippen molar-refractivity contribution in [1.82, 2.24) is 10.2 Å². The smallest absolute Gasteiger partial charge is 0.264 e. The van der Waals surface area contributed by atoms with Gasteiger partial charge in [0.1, 0.15) is 12.6 Å². The number of sulfonamides is 1. The molecule has 0 unspecified atom stereocenters. The van der Waals surface area contributed by atoms with Crippen molar-refractivity contribution in [3.05, 3.63) is 95.5 Å². The standard InChI is InChI=1S/C28H32ClN3O4S/c1-3-19-30-28(34)26(4-2)31(20-22-11-7-5-8-12-22)27(33)21-32(24-17-15-23(29)16-18-24)37(35,36)25-13-9-6-10-14-25/h5-18,26H,3-4,19-21H2,1-2H3,(H,30,34)/t26-/m1/s1. The summed E-state index contributed by atoms with van der Waals surface area (Å²) in [4.78, 5) is 28.4. The molecule has 0 fully saturated rings. The summed E-state index contributed by atoms with van der Waals surface area (Å²) in [5.74, 6) is -0.755. The fourth-order valence-corrected chi connectivity index (χ4v) is 5.48. The highest BCUT2D eigenvalue weighted by atomic mass is 35.5. The van der Waals surface area contributed by atoms with Crippen LogP contribution in [0.5, 0.6) is 0 Å². The molecule has 1 N–H and O–H groups in total. The van der Waals surface area contributed by atoms with E-state index in [1.54, 1.807) is 42.5 Å². The van der Waals surface area contributed by atoms with Gasteiger partial charge in [0.2, 0.25) is 11.8 Å². The third kappa shape index (κ3) is 7.33. The van der Waals surface area contributed by atoms with Gasteiger partial charge in [0, 0.05) is 18.1 Å². The van der Waals surface area contributed by atoms with E-state index in [4.69, 9.17) is 11.6 Å². The molecule has 37 heavy (non-hydrogen) atoms. The van der Waals surface area contributed by atoms with Gasteiger partial charge in [0.05, 0.1) is 10.6 Å². The summed E-state index contributed by atoms with van der Waals surface area (Å²) in [5, 5.41) is 3.31. The number of nitrogens with zero attached hydrogens (tertiary/aromatic N) is 2. The highest BCUT2D eigenvalue weighted by Crippen LogP contribution is 2.26. The predicted molar refractivity (Wildman–Crippen MR) is 147 cm³/mol. The number of benzene rings is 3. The van der Waals surface area contributed by atoms with Crippen molar-refractivity contribution in [2.75, 3.05) is 17.4 Å². The molecule has 2 amide bonds. The molecule has 0 saturated heterocycles. The topological polar surface area (TPSA) is 86.8 Å². The molecule has 0 spiro atoms. The molecule has 3 aromatic carbocycles. The molecule has 0 aliphatic heterocycles. The molecule has 3 rings (SSSR count). The summed E-state index contributed by atoms with van der Waals surface area (Å²) in [6, 6.07) is 22.8. The molecule has 9 heteroatoms. The maximum absolute atomic E-state index is 13.9. The van der Waals surface area contributed by atoms with Crippen LogP contribution in [0.25, 0.3) is 0 Å². The normalized spacial score (nSPS) is 12.0. The van der Waals surface area contributed by atoms with Crippen LogP contribution in [-0.4, -0.2) is 44.3 Å². The van der Waals surface area contributed by atoms with E-state index in [-0.39, 0.29) is 17.3 Å². The van der Waals surface area contributed by atoms with E-state index in [9.17, 15) is 18.0 Å². The van der Waals surface area contributed by atoms with Crippen LogP contribution in [0.1, 0.15) is 32.3 Å². The lowest BCUT2D eigenvalue weighted by Crippen LogP contribution is -2.52. The van der Waals surface area contributed by atoms with Gasteiger partial charge < -0.3 is 10.2 Å². The Hall–Kier alpha value is -3.36. The second-order valence-electron chi connectivity index (χ2n) is 8.52. The first kappa shape index (κ1) is 28.2. The zero-order valence-electron chi connectivity index (χ0n) is 21.0. The second kappa shape index (κ2) is 13.3. The Labute approximate surface area is 224 Å². The Bertz CT molecular complexity index is 1270. The Morgan fingerprint density at radius 2 is 1.49 bits per heavy atom. The third-order valence-electron chi connectivity index (χ3n) is 5.86. The van der Waals surface area contributed by atoms with E-state index in [1.165, 1.54) is 17.0 Å². The third-order valence-corrected chi connectivity index (χ3v) is 7.90. The second-order valence-corrected chi connectivity index (χ2v) is 10.8. The van der Waals surface area contributed by atoms with E-state index in [0.29, 0.717) is 23.7 Å². The molecular weight excluding hydrogens is 510 g/mol. The zero-order valence-corrected chi connectivity index (χ0v) is 22.6. The SMILES string of the molecule is CCCNC(=O)[C@@H](CC)N(Cc1ccccc1)C(=O)CN(c1ccc(Cl)cc1)S(=O)(=O)c1ccccc1. The van der Waals surface area contributed by atoms with Gasteiger partial charge in [-0.1, -0.05) is 74.0 Å². The predicted octanol–water partition coefficient (Wildman–Crippen LogP) is 4.87. The molecule has 0 bridgehead atoms. The fraction of sp³-hybridized carbons (Fsp3) is 0.286. The molecule has 196 valence electrons. The summed E-state index contributed by atoms with van der Waals surface area (Å²) in [6.45, 7) is 3.95. The number of hydrogen-bond donors (Lipinski definition) is 1. The number of carbonyl (C=O) groups is 2. The lowest BCUT2D eigenvalue weighted by molar-refractivity contribution is -0.140. The van der Waals surface area contributed by atoms with Crippen molar-refractivity contribution < 1.29 is 18.0 Å². The van der Waals surface area contributed by atoms with Crippen LogP contribution in [0.15, 0.2) is 89.8 Å². The number of rotatable bonds is 12. The molecule has 0 saturated carbocycles. The van der Waals surface area contributed by atoms with Crippen molar-refractivity contribution in [3.8, 4) is 0 Å². The Kier molecular flexibility index (Phi) is 10.1. The quantitative estimate of drug-likeness (QED) is 0.354. The Morgan fingerprint density at radius 1 is 0.892 bits per heavy atom. The highest BCUT2D eigenvalue weighted by Gasteiger charge is 2.33. The zero-order chi connectivity index (χ0) is 26.8. The minimum atomic E-state index is -4.09. The van der Waals surface area contributed by atoms with E-state index in [1.807, 2.05) is 44.2 Å². The first-order valence-corrected chi connectivity index (χ1v) is 14.0. The molecule has 0 aromatic heterocycles. The van der Waals surface area contributed by atoms with E-state index >= 15 is 0 Å². The van der Waals surface area contributed by atoms with Crippen molar-refractivity contribution >= 4 is 39.1 Å². The van der Waals surface area contributed by atoms with Crippen molar-refractivity contribution in [2.24, 2.45) is 0 Å². The summed E-state index contributed by atoms with van der Waals surface area (Å²) in [7, 11) is -4.09. The van der Waals surface area contributed by atoms with Gasteiger partial charge in [-0.25, -0.2) is 8.42 Å². The minimum absolute atomic E-state index is 0.0556. The van der Waals surface area contributed by atoms with Gasteiger partial charge in [0.15, 0.2) is 0 Å². The van der Waals surface area contributed by atoms with E-state index in [0.717, 1.165) is 16.3 Å². The number of hydrogen-bond acceptors (Lipinski definition) is 4. The summed E-state index contributed by atoms with van der Waals surface area (Å²) in [5.41, 5.74) is 1.13.